The summed E-state index contributed by atoms with van der Waals surface area (Å²) >= 11 is 0. The van der Waals surface area contributed by atoms with Crippen molar-refractivity contribution in [3.05, 3.63) is 30.3 Å². The van der Waals surface area contributed by atoms with Crippen LogP contribution >= 0.6 is 0 Å². The smallest absolute Gasteiger partial charge is 0.307 e. The average molecular weight is 221 g/mol. The SMILES string of the molecule is COC(=O)CCN=C(N)Nc1ccccc1. The van der Waals surface area contributed by atoms with Gasteiger partial charge in [0.15, 0.2) is 5.96 Å². The van der Waals surface area contributed by atoms with E-state index in [1.165, 1.54) is 7.11 Å². The Bertz CT molecular complexity index is 363. The Balaban J connectivity index is 2.37. The number of guanidine groups is 1. The van der Waals surface area contributed by atoms with Gasteiger partial charge in [0.25, 0.3) is 0 Å². The van der Waals surface area contributed by atoms with Gasteiger partial charge in [-0.2, -0.15) is 0 Å². The lowest BCUT2D eigenvalue weighted by atomic mass is 10.3. The molecule has 0 amide bonds. The number of esters is 1. The van der Waals surface area contributed by atoms with Crippen molar-refractivity contribution in [1.82, 2.24) is 0 Å². The summed E-state index contributed by atoms with van der Waals surface area (Å²) < 4.78 is 4.48. The first-order chi connectivity index (χ1) is 7.72. The minimum absolute atomic E-state index is 0.230. The molecule has 0 spiro atoms. The Morgan fingerprint density at radius 2 is 2.12 bits per heavy atom. The van der Waals surface area contributed by atoms with Crippen LogP contribution in [-0.4, -0.2) is 25.6 Å². The molecule has 0 aliphatic heterocycles. The Morgan fingerprint density at radius 1 is 1.44 bits per heavy atom. The highest BCUT2D eigenvalue weighted by Gasteiger charge is 1.98. The van der Waals surface area contributed by atoms with Crippen LogP contribution in [-0.2, 0) is 9.53 Å². The zero-order valence-corrected chi connectivity index (χ0v) is 9.14. The van der Waals surface area contributed by atoms with Gasteiger partial charge in [-0.3, -0.25) is 9.79 Å². The van der Waals surface area contributed by atoms with Crippen molar-refractivity contribution in [2.24, 2.45) is 10.7 Å². The highest BCUT2D eigenvalue weighted by atomic mass is 16.5. The molecular formula is C11H15N3O2. The number of ether oxygens (including phenoxy) is 1. The van der Waals surface area contributed by atoms with E-state index in [1.54, 1.807) is 0 Å². The first-order valence-corrected chi connectivity index (χ1v) is 4.91. The first-order valence-electron chi connectivity index (χ1n) is 4.91. The van der Waals surface area contributed by atoms with Gasteiger partial charge < -0.3 is 15.8 Å². The van der Waals surface area contributed by atoms with E-state index in [0.29, 0.717) is 6.54 Å². The highest BCUT2D eigenvalue weighted by molar-refractivity contribution is 5.92. The van der Waals surface area contributed by atoms with Crippen LogP contribution in [0, 0.1) is 0 Å². The van der Waals surface area contributed by atoms with Crippen molar-refractivity contribution in [1.29, 1.82) is 0 Å². The molecule has 16 heavy (non-hydrogen) atoms. The molecule has 0 bridgehead atoms. The summed E-state index contributed by atoms with van der Waals surface area (Å²) in [5.41, 5.74) is 6.48. The lowest BCUT2D eigenvalue weighted by Gasteiger charge is -2.04. The van der Waals surface area contributed by atoms with Crippen molar-refractivity contribution in [2.75, 3.05) is 19.0 Å². The Kier molecular flexibility index (Phi) is 4.85. The van der Waals surface area contributed by atoms with E-state index in [2.05, 4.69) is 15.0 Å². The van der Waals surface area contributed by atoms with E-state index >= 15 is 0 Å². The van der Waals surface area contributed by atoms with Crippen LogP contribution in [0.4, 0.5) is 5.69 Å². The fraction of sp³-hybridized carbons (Fsp3) is 0.273. The van der Waals surface area contributed by atoms with Crippen LogP contribution in [0.15, 0.2) is 35.3 Å². The molecule has 1 aromatic rings. The number of methoxy groups -OCH3 is 1. The number of rotatable bonds is 4. The lowest BCUT2D eigenvalue weighted by Crippen LogP contribution is -2.23. The maximum atomic E-state index is 10.8. The van der Waals surface area contributed by atoms with Crippen LogP contribution in [0.1, 0.15) is 6.42 Å². The van der Waals surface area contributed by atoms with Crippen molar-refractivity contribution in [3.8, 4) is 0 Å². The molecule has 0 unspecified atom stereocenters. The molecule has 0 saturated carbocycles. The number of nitrogens with two attached hydrogens (primary N) is 1. The first kappa shape index (κ1) is 12.0. The number of para-hydroxylation sites is 1. The van der Waals surface area contributed by atoms with Gasteiger partial charge in [-0.15, -0.1) is 0 Å². The quantitative estimate of drug-likeness (QED) is 0.451. The summed E-state index contributed by atoms with van der Waals surface area (Å²) in [6, 6.07) is 9.45. The van der Waals surface area contributed by atoms with Gasteiger partial charge in [-0.05, 0) is 12.1 Å². The third kappa shape index (κ3) is 4.45. The molecule has 1 aromatic carbocycles. The van der Waals surface area contributed by atoms with Crippen LogP contribution in [0.3, 0.4) is 0 Å². The summed E-state index contributed by atoms with van der Waals surface area (Å²) in [7, 11) is 1.34. The van der Waals surface area contributed by atoms with E-state index in [1.807, 2.05) is 30.3 Å². The molecule has 0 radical (unpaired) electrons. The second-order valence-corrected chi connectivity index (χ2v) is 3.08. The van der Waals surface area contributed by atoms with Gasteiger partial charge in [0.1, 0.15) is 0 Å². The number of aliphatic imine (C=N–C) groups is 1. The topological polar surface area (TPSA) is 76.7 Å². The van der Waals surface area contributed by atoms with Gasteiger partial charge in [0.05, 0.1) is 20.1 Å². The molecule has 3 N–H and O–H groups in total. The van der Waals surface area contributed by atoms with E-state index in [0.717, 1.165) is 5.69 Å². The fourth-order valence-electron chi connectivity index (χ4n) is 1.08. The molecule has 0 aliphatic rings. The number of nitrogens with one attached hydrogen (secondary N) is 1. The van der Waals surface area contributed by atoms with Crippen LogP contribution in [0.5, 0.6) is 0 Å². The number of hydrogen-bond acceptors (Lipinski definition) is 3. The number of carbonyl (C=O) groups excluding carboxylic acids is 1. The second kappa shape index (κ2) is 6.44. The third-order valence-corrected chi connectivity index (χ3v) is 1.87. The number of hydrogen-bond donors (Lipinski definition) is 2. The van der Waals surface area contributed by atoms with E-state index in [4.69, 9.17) is 5.73 Å². The third-order valence-electron chi connectivity index (χ3n) is 1.87. The highest BCUT2D eigenvalue weighted by Crippen LogP contribution is 2.03. The maximum absolute atomic E-state index is 10.8. The minimum atomic E-state index is -0.295. The summed E-state index contributed by atoms with van der Waals surface area (Å²) in [6.07, 6.45) is 0.230. The van der Waals surface area contributed by atoms with Gasteiger partial charge in [-0.1, -0.05) is 18.2 Å². The van der Waals surface area contributed by atoms with Gasteiger partial charge in [0, 0.05) is 5.69 Å². The molecule has 0 heterocycles. The minimum Gasteiger partial charge on any atom is -0.469 e. The Hall–Kier alpha value is -2.04. The van der Waals surface area contributed by atoms with Gasteiger partial charge >= 0.3 is 5.97 Å². The monoisotopic (exact) mass is 221 g/mol. The van der Waals surface area contributed by atoms with Crippen molar-refractivity contribution in [3.63, 3.8) is 0 Å². The van der Waals surface area contributed by atoms with E-state index < -0.39 is 0 Å². The molecule has 0 fully saturated rings. The average Bonchev–Trinajstić information content (AvgIpc) is 2.30. The second-order valence-electron chi connectivity index (χ2n) is 3.08. The van der Waals surface area contributed by atoms with Crippen molar-refractivity contribution < 1.29 is 9.53 Å². The molecular weight excluding hydrogens is 206 g/mol. The summed E-state index contributed by atoms with van der Waals surface area (Å²) in [6.45, 7) is 0.318. The number of anilines is 1. The Labute approximate surface area is 94.3 Å². The lowest BCUT2D eigenvalue weighted by molar-refractivity contribution is -0.140. The number of benzene rings is 1. The zero-order valence-electron chi connectivity index (χ0n) is 9.14. The molecule has 5 nitrogen and oxygen atoms in total. The van der Waals surface area contributed by atoms with Crippen molar-refractivity contribution in [2.45, 2.75) is 6.42 Å². The molecule has 1 rings (SSSR count). The zero-order chi connectivity index (χ0) is 11.8. The summed E-state index contributed by atoms with van der Waals surface area (Å²) in [5.74, 6) is -0.00800. The summed E-state index contributed by atoms with van der Waals surface area (Å²) in [5, 5.41) is 2.91. The van der Waals surface area contributed by atoms with Crippen LogP contribution in [0.25, 0.3) is 0 Å². The van der Waals surface area contributed by atoms with Crippen LogP contribution < -0.4 is 11.1 Å². The maximum Gasteiger partial charge on any atom is 0.307 e. The molecule has 0 aromatic heterocycles. The predicted octanol–water partition coefficient (Wildman–Crippen LogP) is 0.976. The number of carbonyl (C=O) groups is 1. The van der Waals surface area contributed by atoms with Gasteiger partial charge in [0.2, 0.25) is 0 Å². The van der Waals surface area contributed by atoms with E-state index in [9.17, 15) is 4.79 Å². The largest absolute Gasteiger partial charge is 0.469 e. The Morgan fingerprint density at radius 3 is 2.75 bits per heavy atom. The molecule has 0 atom stereocenters. The fourth-order valence-corrected chi connectivity index (χ4v) is 1.08. The van der Waals surface area contributed by atoms with Gasteiger partial charge in [-0.25, -0.2) is 0 Å². The summed E-state index contributed by atoms with van der Waals surface area (Å²) in [4.78, 5) is 14.8. The predicted molar refractivity (Wildman–Crippen MR) is 63.2 cm³/mol. The standard InChI is InChI=1S/C11H15N3O2/c1-16-10(15)7-8-13-11(12)14-9-5-3-2-4-6-9/h2-6H,7-8H2,1H3,(H3,12,13,14). The normalized spacial score (nSPS) is 10.9. The van der Waals surface area contributed by atoms with E-state index in [-0.39, 0.29) is 18.3 Å². The molecule has 0 saturated heterocycles. The molecule has 5 heteroatoms. The number of nitrogens with zero attached hydrogens (tertiary/aromatic N) is 1. The van der Waals surface area contributed by atoms with Crippen molar-refractivity contribution >= 4 is 17.6 Å². The van der Waals surface area contributed by atoms with Crippen LogP contribution in [0.2, 0.25) is 0 Å². The molecule has 86 valence electrons. The molecule has 0 aliphatic carbocycles.